The van der Waals surface area contributed by atoms with Crippen LogP contribution in [-0.2, 0) is 4.74 Å². The standard InChI is InChI=1S/C16H17N3O3/c1-4-22-16(21)10-7-17-11-5-6-19-8-12(9(2)3)18-15(19)13(11)14(10)20/h5-9H,4H2,1-3H3,(H,17,20). The molecule has 6 nitrogen and oxygen atoms in total. The summed E-state index contributed by atoms with van der Waals surface area (Å²) in [7, 11) is 0. The first kappa shape index (κ1) is 14.3. The molecule has 22 heavy (non-hydrogen) atoms. The van der Waals surface area contributed by atoms with Gasteiger partial charge < -0.3 is 14.1 Å². The summed E-state index contributed by atoms with van der Waals surface area (Å²) in [6.45, 7) is 6.01. The molecule has 0 aliphatic heterocycles. The Bertz CT molecular complexity index is 921. The van der Waals surface area contributed by atoms with E-state index in [9.17, 15) is 9.59 Å². The first-order valence-corrected chi connectivity index (χ1v) is 7.23. The first-order valence-electron chi connectivity index (χ1n) is 7.23. The van der Waals surface area contributed by atoms with Crippen LogP contribution >= 0.6 is 0 Å². The Balaban J connectivity index is 2.33. The number of aromatic nitrogens is 3. The van der Waals surface area contributed by atoms with Gasteiger partial charge >= 0.3 is 5.97 Å². The summed E-state index contributed by atoms with van der Waals surface area (Å²) in [4.78, 5) is 32.1. The Labute approximate surface area is 126 Å². The third-order valence-electron chi connectivity index (χ3n) is 3.58. The lowest BCUT2D eigenvalue weighted by Crippen LogP contribution is -2.18. The van der Waals surface area contributed by atoms with Gasteiger partial charge in [0, 0.05) is 18.6 Å². The molecule has 1 N–H and O–H groups in total. The van der Waals surface area contributed by atoms with Gasteiger partial charge in [-0.25, -0.2) is 9.78 Å². The number of aromatic amines is 1. The maximum atomic E-state index is 12.7. The van der Waals surface area contributed by atoms with Crippen LogP contribution in [0.25, 0.3) is 16.6 Å². The number of rotatable bonds is 3. The van der Waals surface area contributed by atoms with Crippen LogP contribution in [0.1, 0.15) is 42.7 Å². The van der Waals surface area contributed by atoms with Crippen molar-refractivity contribution in [3.05, 3.63) is 46.1 Å². The van der Waals surface area contributed by atoms with Gasteiger partial charge in [0.2, 0.25) is 5.43 Å². The highest BCUT2D eigenvalue weighted by Gasteiger charge is 2.17. The molecule has 114 valence electrons. The minimum atomic E-state index is -0.622. The van der Waals surface area contributed by atoms with Crippen LogP contribution in [0.2, 0.25) is 0 Å². The summed E-state index contributed by atoms with van der Waals surface area (Å²) in [5.41, 5.74) is 1.73. The van der Waals surface area contributed by atoms with Crippen molar-refractivity contribution in [3.63, 3.8) is 0 Å². The molecule has 3 heterocycles. The number of imidazole rings is 1. The van der Waals surface area contributed by atoms with Crippen LogP contribution in [0, 0.1) is 0 Å². The Morgan fingerprint density at radius 2 is 2.23 bits per heavy atom. The molecular weight excluding hydrogens is 282 g/mol. The lowest BCUT2D eigenvalue weighted by Gasteiger charge is -2.04. The van der Waals surface area contributed by atoms with E-state index < -0.39 is 5.97 Å². The molecule has 6 heteroatoms. The van der Waals surface area contributed by atoms with E-state index >= 15 is 0 Å². The fraction of sp³-hybridized carbons (Fsp3) is 0.312. The van der Waals surface area contributed by atoms with Gasteiger partial charge in [0.25, 0.3) is 0 Å². The van der Waals surface area contributed by atoms with Crippen LogP contribution in [0.15, 0.2) is 29.5 Å². The van der Waals surface area contributed by atoms with Gasteiger partial charge in [0.15, 0.2) is 0 Å². The summed E-state index contributed by atoms with van der Waals surface area (Å²) in [6.07, 6.45) is 5.14. The van der Waals surface area contributed by atoms with Crippen molar-refractivity contribution in [2.45, 2.75) is 26.7 Å². The third kappa shape index (κ3) is 2.16. The molecule has 0 fully saturated rings. The first-order chi connectivity index (χ1) is 10.5. The third-order valence-corrected chi connectivity index (χ3v) is 3.58. The fourth-order valence-corrected chi connectivity index (χ4v) is 2.40. The van der Waals surface area contributed by atoms with Crippen molar-refractivity contribution >= 4 is 22.5 Å². The average Bonchev–Trinajstić information content (AvgIpc) is 2.91. The minimum absolute atomic E-state index is 0.00320. The number of carbonyl (C=O) groups is 1. The van der Waals surface area contributed by atoms with Gasteiger partial charge in [-0.15, -0.1) is 0 Å². The van der Waals surface area contributed by atoms with Gasteiger partial charge in [0.05, 0.1) is 23.2 Å². The van der Waals surface area contributed by atoms with Gasteiger partial charge in [-0.2, -0.15) is 0 Å². The molecule has 0 unspecified atom stereocenters. The smallest absolute Gasteiger partial charge is 0.343 e. The number of H-pyrrole nitrogens is 1. The Morgan fingerprint density at radius 3 is 2.91 bits per heavy atom. The molecule has 0 atom stereocenters. The largest absolute Gasteiger partial charge is 0.462 e. The lowest BCUT2D eigenvalue weighted by atomic mass is 10.1. The van der Waals surface area contributed by atoms with Crippen LogP contribution in [0.3, 0.4) is 0 Å². The van der Waals surface area contributed by atoms with E-state index in [4.69, 9.17) is 4.74 Å². The predicted octanol–water partition coefficient (Wildman–Crippen LogP) is 2.48. The van der Waals surface area contributed by atoms with Gasteiger partial charge in [-0.1, -0.05) is 13.8 Å². The average molecular weight is 299 g/mol. The SMILES string of the molecule is CCOC(=O)c1c[nH]c2ccn3cc(C(C)C)nc3c2c1=O. The van der Waals surface area contributed by atoms with Crippen LogP contribution in [-0.4, -0.2) is 26.9 Å². The summed E-state index contributed by atoms with van der Waals surface area (Å²) >= 11 is 0. The van der Waals surface area contributed by atoms with E-state index in [0.29, 0.717) is 16.6 Å². The van der Waals surface area contributed by atoms with Gasteiger partial charge in [-0.3, -0.25) is 4.79 Å². The highest BCUT2D eigenvalue weighted by molar-refractivity contribution is 5.98. The van der Waals surface area contributed by atoms with E-state index in [1.54, 1.807) is 13.0 Å². The zero-order valence-electron chi connectivity index (χ0n) is 12.7. The number of hydrogen-bond donors (Lipinski definition) is 1. The normalized spacial score (nSPS) is 11.5. The molecule has 0 amide bonds. The minimum Gasteiger partial charge on any atom is -0.462 e. The number of hydrogen-bond acceptors (Lipinski definition) is 4. The van der Waals surface area contributed by atoms with Crippen molar-refractivity contribution in [2.75, 3.05) is 6.61 Å². The molecule has 0 saturated heterocycles. The summed E-state index contributed by atoms with van der Waals surface area (Å²) in [6, 6.07) is 1.80. The number of carbonyl (C=O) groups excluding carboxylic acids is 1. The molecule has 0 aliphatic rings. The van der Waals surface area contributed by atoms with Crippen LogP contribution < -0.4 is 5.43 Å². The number of nitrogens with zero attached hydrogens (tertiary/aromatic N) is 2. The maximum absolute atomic E-state index is 12.7. The van der Waals surface area contributed by atoms with Crippen molar-refractivity contribution in [2.24, 2.45) is 0 Å². The van der Waals surface area contributed by atoms with Crippen LogP contribution in [0.4, 0.5) is 0 Å². The van der Waals surface area contributed by atoms with E-state index in [-0.39, 0.29) is 23.5 Å². The van der Waals surface area contributed by atoms with Crippen molar-refractivity contribution in [1.29, 1.82) is 0 Å². The molecule has 0 aromatic carbocycles. The molecule has 3 aromatic heterocycles. The zero-order valence-corrected chi connectivity index (χ0v) is 12.7. The number of nitrogens with one attached hydrogen (secondary N) is 1. The van der Waals surface area contributed by atoms with E-state index in [1.165, 1.54) is 6.20 Å². The maximum Gasteiger partial charge on any atom is 0.343 e. The monoisotopic (exact) mass is 299 g/mol. The molecule has 3 aromatic rings. The second-order valence-electron chi connectivity index (χ2n) is 5.41. The second-order valence-corrected chi connectivity index (χ2v) is 5.41. The van der Waals surface area contributed by atoms with E-state index in [1.807, 2.05) is 30.6 Å². The number of fused-ring (bicyclic) bond motifs is 3. The molecule has 0 bridgehead atoms. The Morgan fingerprint density at radius 1 is 1.45 bits per heavy atom. The molecular formula is C16H17N3O3. The zero-order chi connectivity index (χ0) is 15.9. The second kappa shape index (κ2) is 5.29. The molecule has 0 aliphatic carbocycles. The Hall–Kier alpha value is -2.63. The topological polar surface area (TPSA) is 76.5 Å². The number of pyridine rings is 2. The van der Waals surface area contributed by atoms with Gasteiger partial charge in [0.1, 0.15) is 11.2 Å². The molecule has 0 radical (unpaired) electrons. The number of ether oxygens (including phenoxy) is 1. The Kier molecular flexibility index (Phi) is 3.44. The summed E-state index contributed by atoms with van der Waals surface area (Å²) < 4.78 is 6.73. The van der Waals surface area contributed by atoms with Gasteiger partial charge in [-0.05, 0) is 18.9 Å². The van der Waals surface area contributed by atoms with E-state index in [2.05, 4.69) is 9.97 Å². The lowest BCUT2D eigenvalue weighted by molar-refractivity contribution is 0.0524. The van der Waals surface area contributed by atoms with Crippen molar-refractivity contribution in [3.8, 4) is 0 Å². The van der Waals surface area contributed by atoms with Crippen molar-refractivity contribution in [1.82, 2.24) is 14.4 Å². The summed E-state index contributed by atoms with van der Waals surface area (Å²) in [5.74, 6) is -0.370. The molecule has 0 spiro atoms. The number of esters is 1. The quantitative estimate of drug-likeness (QED) is 0.754. The molecule has 3 rings (SSSR count). The summed E-state index contributed by atoms with van der Waals surface area (Å²) in [5, 5.41) is 0.403. The highest BCUT2D eigenvalue weighted by atomic mass is 16.5. The highest BCUT2D eigenvalue weighted by Crippen LogP contribution is 2.19. The predicted molar refractivity (Wildman–Crippen MR) is 83.4 cm³/mol. The van der Waals surface area contributed by atoms with Crippen molar-refractivity contribution < 1.29 is 9.53 Å². The molecule has 0 saturated carbocycles. The van der Waals surface area contributed by atoms with E-state index in [0.717, 1.165) is 5.69 Å². The fourth-order valence-electron chi connectivity index (χ4n) is 2.40. The van der Waals surface area contributed by atoms with Crippen LogP contribution in [0.5, 0.6) is 0 Å².